The Morgan fingerprint density at radius 2 is 2.20 bits per heavy atom. The summed E-state index contributed by atoms with van der Waals surface area (Å²) in [5, 5.41) is 4.28. The normalized spacial score (nSPS) is 19.2. The first-order valence-corrected chi connectivity index (χ1v) is 7.81. The number of hydrogen-bond acceptors (Lipinski definition) is 3. The van der Waals surface area contributed by atoms with Gasteiger partial charge in [0.25, 0.3) is 5.91 Å². The molecule has 1 fully saturated rings. The molecule has 0 aromatic carbocycles. The third-order valence-corrected chi connectivity index (χ3v) is 4.39. The molecule has 0 unspecified atom stereocenters. The zero-order valence-electron chi connectivity index (χ0n) is 12.2. The maximum Gasteiger partial charge on any atom is 0.261 e. The molecule has 1 aliphatic heterocycles. The Morgan fingerprint density at radius 1 is 1.40 bits per heavy atom. The van der Waals surface area contributed by atoms with Crippen molar-refractivity contribution in [1.29, 1.82) is 0 Å². The van der Waals surface area contributed by atoms with E-state index in [4.69, 9.17) is 4.74 Å². The third-order valence-electron chi connectivity index (χ3n) is 4.39. The van der Waals surface area contributed by atoms with Crippen LogP contribution in [0.3, 0.4) is 0 Å². The van der Waals surface area contributed by atoms with Gasteiger partial charge in [0.05, 0.1) is 12.8 Å². The van der Waals surface area contributed by atoms with Crippen molar-refractivity contribution in [2.45, 2.75) is 58.0 Å². The highest BCUT2D eigenvalue weighted by atomic mass is 16.5. The molecule has 1 aromatic rings. The van der Waals surface area contributed by atoms with Crippen LogP contribution < -0.4 is 4.74 Å². The summed E-state index contributed by atoms with van der Waals surface area (Å²) in [6, 6.07) is 0.389. The van der Waals surface area contributed by atoms with Gasteiger partial charge < -0.3 is 9.64 Å². The summed E-state index contributed by atoms with van der Waals surface area (Å²) in [6.45, 7) is 4.34. The van der Waals surface area contributed by atoms with E-state index >= 15 is 0 Å². The molecule has 110 valence electrons. The number of aryl methyl sites for hydroxylation is 1. The summed E-state index contributed by atoms with van der Waals surface area (Å²) in [5.41, 5.74) is 0.636. The fraction of sp³-hybridized carbons (Fsp3) is 0.733. The second kappa shape index (κ2) is 5.85. The van der Waals surface area contributed by atoms with Crippen LogP contribution in [-0.2, 0) is 6.54 Å². The van der Waals surface area contributed by atoms with Crippen LogP contribution in [-0.4, -0.2) is 39.8 Å². The summed E-state index contributed by atoms with van der Waals surface area (Å²) in [6.07, 6.45) is 8.66. The van der Waals surface area contributed by atoms with Gasteiger partial charge in [-0.2, -0.15) is 5.10 Å². The number of hydrogen-bond donors (Lipinski definition) is 0. The van der Waals surface area contributed by atoms with Crippen LogP contribution in [0.1, 0.15) is 55.8 Å². The lowest BCUT2D eigenvalue weighted by molar-refractivity contribution is 0.0641. The Balaban J connectivity index is 1.81. The second-order valence-corrected chi connectivity index (χ2v) is 5.67. The van der Waals surface area contributed by atoms with Crippen molar-refractivity contribution in [3.63, 3.8) is 0 Å². The zero-order chi connectivity index (χ0) is 13.9. The maximum atomic E-state index is 12.8. The van der Waals surface area contributed by atoms with E-state index in [-0.39, 0.29) is 5.91 Å². The highest BCUT2D eigenvalue weighted by Crippen LogP contribution is 2.28. The predicted molar refractivity (Wildman–Crippen MR) is 75.9 cm³/mol. The molecule has 20 heavy (non-hydrogen) atoms. The highest BCUT2D eigenvalue weighted by Gasteiger charge is 2.29. The zero-order valence-corrected chi connectivity index (χ0v) is 12.2. The molecule has 0 saturated heterocycles. The van der Waals surface area contributed by atoms with Crippen molar-refractivity contribution in [3.05, 3.63) is 11.8 Å². The lowest BCUT2D eigenvalue weighted by Gasteiger charge is -2.33. The molecule has 0 spiro atoms. The van der Waals surface area contributed by atoms with Crippen molar-refractivity contribution in [2.24, 2.45) is 0 Å². The van der Waals surface area contributed by atoms with E-state index in [1.165, 1.54) is 19.3 Å². The molecule has 1 aliphatic carbocycles. The number of ether oxygens (including phenoxy) is 1. The molecular weight excluding hydrogens is 254 g/mol. The summed E-state index contributed by atoms with van der Waals surface area (Å²) in [7, 11) is 0. The quantitative estimate of drug-likeness (QED) is 0.852. The lowest BCUT2D eigenvalue weighted by Crippen LogP contribution is -2.41. The fourth-order valence-electron chi connectivity index (χ4n) is 3.33. The van der Waals surface area contributed by atoms with Crippen molar-refractivity contribution in [3.8, 4) is 5.88 Å². The summed E-state index contributed by atoms with van der Waals surface area (Å²) < 4.78 is 7.46. The minimum atomic E-state index is 0.0857. The van der Waals surface area contributed by atoms with E-state index in [1.807, 2.05) is 9.58 Å². The van der Waals surface area contributed by atoms with E-state index in [0.29, 0.717) is 24.1 Å². The molecule has 5 nitrogen and oxygen atoms in total. The van der Waals surface area contributed by atoms with Crippen LogP contribution in [0.4, 0.5) is 0 Å². The molecule has 2 aliphatic rings. The van der Waals surface area contributed by atoms with E-state index in [9.17, 15) is 4.79 Å². The smallest absolute Gasteiger partial charge is 0.261 e. The number of carbonyl (C=O) groups is 1. The van der Waals surface area contributed by atoms with Crippen LogP contribution in [0.25, 0.3) is 0 Å². The Bertz CT molecular complexity index is 477. The van der Waals surface area contributed by atoms with Gasteiger partial charge in [-0.05, 0) is 19.8 Å². The van der Waals surface area contributed by atoms with Gasteiger partial charge in [-0.25, -0.2) is 4.68 Å². The maximum absolute atomic E-state index is 12.8. The van der Waals surface area contributed by atoms with Gasteiger partial charge in [0, 0.05) is 25.6 Å². The molecule has 1 aromatic heterocycles. The number of fused-ring (bicyclic) bond motifs is 1. The summed E-state index contributed by atoms with van der Waals surface area (Å²) in [4.78, 5) is 14.8. The first-order valence-electron chi connectivity index (χ1n) is 7.81. The number of aromatic nitrogens is 2. The third kappa shape index (κ3) is 2.41. The number of amides is 1. The van der Waals surface area contributed by atoms with Gasteiger partial charge in [0.2, 0.25) is 5.88 Å². The van der Waals surface area contributed by atoms with Crippen molar-refractivity contribution in [1.82, 2.24) is 14.7 Å². The van der Waals surface area contributed by atoms with Crippen LogP contribution in [0, 0.1) is 0 Å². The fourth-order valence-corrected chi connectivity index (χ4v) is 3.33. The van der Waals surface area contributed by atoms with E-state index in [1.54, 1.807) is 6.20 Å². The van der Waals surface area contributed by atoms with Gasteiger partial charge in [-0.3, -0.25) is 4.79 Å². The van der Waals surface area contributed by atoms with Crippen molar-refractivity contribution in [2.75, 3.05) is 13.2 Å². The number of carbonyl (C=O) groups excluding carboxylic acids is 1. The molecule has 0 atom stereocenters. The summed E-state index contributed by atoms with van der Waals surface area (Å²) >= 11 is 0. The van der Waals surface area contributed by atoms with Crippen LogP contribution in [0.15, 0.2) is 6.20 Å². The standard InChI is InChI=1S/C15H23N3O2/c1-2-17(12-7-4-3-5-8-12)14(19)13-11-16-18-9-6-10-20-15(13)18/h11-12H,2-10H2,1H3. The molecule has 3 rings (SSSR count). The van der Waals surface area contributed by atoms with Crippen molar-refractivity contribution < 1.29 is 9.53 Å². The van der Waals surface area contributed by atoms with Gasteiger partial charge in [-0.15, -0.1) is 0 Å². The monoisotopic (exact) mass is 277 g/mol. The minimum Gasteiger partial charge on any atom is -0.477 e. The van der Waals surface area contributed by atoms with Crippen LogP contribution in [0.2, 0.25) is 0 Å². The molecule has 1 amide bonds. The van der Waals surface area contributed by atoms with Gasteiger partial charge in [-0.1, -0.05) is 19.3 Å². The topological polar surface area (TPSA) is 47.4 Å². The summed E-state index contributed by atoms with van der Waals surface area (Å²) in [5.74, 6) is 0.748. The van der Waals surface area contributed by atoms with E-state index < -0.39 is 0 Å². The molecule has 2 heterocycles. The molecule has 0 N–H and O–H groups in total. The number of nitrogens with zero attached hydrogens (tertiary/aromatic N) is 3. The molecule has 0 radical (unpaired) electrons. The first-order chi connectivity index (χ1) is 9.81. The molecule has 0 bridgehead atoms. The highest BCUT2D eigenvalue weighted by molar-refractivity contribution is 5.96. The average Bonchev–Trinajstić information content (AvgIpc) is 2.93. The van der Waals surface area contributed by atoms with E-state index in [0.717, 1.165) is 32.4 Å². The largest absolute Gasteiger partial charge is 0.477 e. The average molecular weight is 277 g/mol. The Hall–Kier alpha value is -1.52. The Labute approximate surface area is 119 Å². The lowest BCUT2D eigenvalue weighted by atomic mass is 9.94. The predicted octanol–water partition coefficient (Wildman–Crippen LogP) is 2.46. The van der Waals surface area contributed by atoms with Crippen LogP contribution in [0.5, 0.6) is 5.88 Å². The van der Waals surface area contributed by atoms with Crippen LogP contribution >= 0.6 is 0 Å². The molecule has 1 saturated carbocycles. The Morgan fingerprint density at radius 3 is 2.95 bits per heavy atom. The number of rotatable bonds is 3. The minimum absolute atomic E-state index is 0.0857. The van der Waals surface area contributed by atoms with E-state index in [2.05, 4.69) is 12.0 Å². The van der Waals surface area contributed by atoms with Gasteiger partial charge >= 0.3 is 0 Å². The van der Waals surface area contributed by atoms with Crippen molar-refractivity contribution >= 4 is 5.91 Å². The molecule has 5 heteroatoms. The second-order valence-electron chi connectivity index (χ2n) is 5.67. The van der Waals surface area contributed by atoms with Gasteiger partial charge in [0.1, 0.15) is 5.56 Å². The Kier molecular flexibility index (Phi) is 3.94. The first kappa shape index (κ1) is 13.5. The van der Waals surface area contributed by atoms with Gasteiger partial charge in [0.15, 0.2) is 0 Å². The molecular formula is C15H23N3O2. The SMILES string of the molecule is CCN(C(=O)c1cnn2c1OCCC2)C1CCCCC1.